The van der Waals surface area contributed by atoms with Crippen LogP contribution in [0.5, 0.6) is 0 Å². The van der Waals surface area contributed by atoms with E-state index >= 15 is 0 Å². The summed E-state index contributed by atoms with van der Waals surface area (Å²) >= 11 is 0. The highest BCUT2D eigenvalue weighted by molar-refractivity contribution is 5.95. The van der Waals surface area contributed by atoms with Gasteiger partial charge in [-0.3, -0.25) is 14.4 Å². The summed E-state index contributed by atoms with van der Waals surface area (Å²) in [6.45, 7) is 0.888. The minimum atomic E-state index is -0.835. The fourth-order valence-electron chi connectivity index (χ4n) is 6.39. The van der Waals surface area contributed by atoms with Crippen LogP contribution in [0, 0.1) is 0 Å². The molecule has 1 saturated carbocycles. The Morgan fingerprint density at radius 3 is 2.20 bits per heavy atom. The first kappa shape index (κ1) is 32.4. The van der Waals surface area contributed by atoms with Gasteiger partial charge in [0.25, 0.3) is 0 Å². The van der Waals surface area contributed by atoms with Crippen molar-refractivity contribution in [1.29, 1.82) is 0 Å². The van der Waals surface area contributed by atoms with Gasteiger partial charge in [0.1, 0.15) is 12.1 Å². The maximum absolute atomic E-state index is 14.5. The summed E-state index contributed by atoms with van der Waals surface area (Å²) in [6, 6.07) is 22.2. The number of hydrogen-bond donors (Lipinski definition) is 2. The Kier molecular flexibility index (Phi) is 10.4. The lowest BCUT2D eigenvalue weighted by Crippen LogP contribution is -2.57. The van der Waals surface area contributed by atoms with Crippen molar-refractivity contribution in [2.75, 3.05) is 27.2 Å². The zero-order valence-electron chi connectivity index (χ0n) is 26.5. The number of carbonyl (C=O) groups is 3. The van der Waals surface area contributed by atoms with Crippen LogP contribution in [0.1, 0.15) is 49.7 Å². The molecule has 3 aromatic rings. The van der Waals surface area contributed by atoms with Crippen molar-refractivity contribution < 1.29 is 19.5 Å². The van der Waals surface area contributed by atoms with Crippen molar-refractivity contribution in [2.45, 2.75) is 75.1 Å². The lowest BCUT2D eigenvalue weighted by Gasteiger charge is -2.38. The molecule has 3 N–H and O–H groups in total. The number of rotatable bonds is 11. The molecule has 0 aromatic heterocycles. The predicted molar refractivity (Wildman–Crippen MR) is 177 cm³/mol. The van der Waals surface area contributed by atoms with E-state index in [0.29, 0.717) is 45.2 Å². The van der Waals surface area contributed by atoms with Crippen molar-refractivity contribution in [1.82, 2.24) is 14.7 Å². The van der Waals surface area contributed by atoms with E-state index in [9.17, 15) is 19.5 Å². The maximum atomic E-state index is 14.5. The summed E-state index contributed by atoms with van der Waals surface area (Å²) < 4.78 is 0. The van der Waals surface area contributed by atoms with Gasteiger partial charge in [0.15, 0.2) is 0 Å². The smallest absolute Gasteiger partial charge is 0.246 e. The fourth-order valence-corrected chi connectivity index (χ4v) is 6.39. The van der Waals surface area contributed by atoms with Crippen LogP contribution in [-0.4, -0.2) is 88.4 Å². The van der Waals surface area contributed by atoms with Crippen molar-refractivity contribution in [3.8, 4) is 0 Å². The summed E-state index contributed by atoms with van der Waals surface area (Å²) in [5, 5.41) is 12.2. The molecule has 0 radical (unpaired) electrons. The number of amides is 3. The molecule has 3 aromatic carbocycles. The van der Waals surface area contributed by atoms with Gasteiger partial charge in [-0.2, -0.15) is 0 Å². The number of nitrogens with two attached hydrogens (primary N) is 1. The topological polar surface area (TPSA) is 107 Å². The Hall–Kier alpha value is -4.01. The van der Waals surface area contributed by atoms with Gasteiger partial charge in [-0.05, 0) is 66.5 Å². The minimum absolute atomic E-state index is 0.145. The molecule has 45 heavy (non-hydrogen) atoms. The predicted octanol–water partition coefficient (Wildman–Crippen LogP) is 4.09. The molecule has 2 aliphatic rings. The standard InChI is InChI=1S/C37H46N4O4/c1-39(34(43)14-8-19-37(38)20-9-21-37)32(26-28-15-16-29-12-6-7-13-30(29)24-28)35(44)40(2)33(25-27-10-4-3-5-11-27)36(45)41-22-17-31(42)18-23-41/h3-8,10-16,24,31-33,42H,9,17-23,25-26,38H2,1-2H3/b14-8+/t32-,33?/m1/s1. The van der Waals surface area contributed by atoms with Gasteiger partial charge in [0.05, 0.1) is 6.10 Å². The molecule has 1 saturated heterocycles. The summed E-state index contributed by atoms with van der Waals surface area (Å²) in [4.78, 5) is 46.8. The van der Waals surface area contributed by atoms with Crippen LogP contribution in [0.2, 0.25) is 0 Å². The van der Waals surface area contributed by atoms with E-state index in [2.05, 4.69) is 6.07 Å². The van der Waals surface area contributed by atoms with E-state index < -0.39 is 18.2 Å². The maximum Gasteiger partial charge on any atom is 0.246 e. The summed E-state index contributed by atoms with van der Waals surface area (Å²) in [5.74, 6) is -0.719. The normalized spacial score (nSPS) is 17.9. The van der Waals surface area contributed by atoms with Gasteiger partial charge in [-0.25, -0.2) is 0 Å². The summed E-state index contributed by atoms with van der Waals surface area (Å²) in [6.07, 6.45) is 8.22. The monoisotopic (exact) mass is 610 g/mol. The number of aliphatic hydroxyl groups is 1. The highest BCUT2D eigenvalue weighted by Crippen LogP contribution is 2.32. The number of hydrogen-bond acceptors (Lipinski definition) is 5. The molecule has 8 heteroatoms. The zero-order chi connectivity index (χ0) is 32.0. The quantitative estimate of drug-likeness (QED) is 0.318. The van der Waals surface area contributed by atoms with Crippen LogP contribution in [0.3, 0.4) is 0 Å². The lowest BCUT2D eigenvalue weighted by molar-refractivity contribution is -0.150. The van der Waals surface area contributed by atoms with Crippen LogP contribution in [-0.2, 0) is 27.2 Å². The molecule has 5 rings (SSSR count). The number of carbonyl (C=O) groups excluding carboxylic acids is 3. The number of likely N-dealkylation sites (N-methyl/N-ethyl adjacent to an activating group) is 2. The Morgan fingerprint density at radius 2 is 1.53 bits per heavy atom. The third-order valence-corrected chi connectivity index (χ3v) is 9.63. The van der Waals surface area contributed by atoms with Gasteiger partial charge in [-0.1, -0.05) is 78.9 Å². The lowest BCUT2D eigenvalue weighted by atomic mass is 9.75. The second-order valence-electron chi connectivity index (χ2n) is 12.9. The van der Waals surface area contributed by atoms with Gasteiger partial charge in [0.2, 0.25) is 17.7 Å². The number of aliphatic hydroxyl groups excluding tert-OH is 1. The molecule has 2 atom stereocenters. The summed E-state index contributed by atoms with van der Waals surface area (Å²) in [7, 11) is 3.33. The SMILES string of the molecule is CN(C(=O)[C@@H](Cc1ccc2ccccc2c1)N(C)C(=O)/C=C/CC1(N)CCC1)C(Cc1ccccc1)C(=O)N1CCC(O)CC1. The number of likely N-dealkylation sites (tertiary alicyclic amines) is 1. The molecule has 0 bridgehead atoms. The first-order valence-electron chi connectivity index (χ1n) is 16.1. The molecule has 1 aliphatic heterocycles. The highest BCUT2D eigenvalue weighted by atomic mass is 16.3. The molecular weight excluding hydrogens is 564 g/mol. The van der Waals surface area contributed by atoms with Crippen molar-refractivity contribution in [3.05, 3.63) is 96.1 Å². The molecule has 1 unspecified atom stereocenters. The van der Waals surface area contributed by atoms with E-state index in [1.54, 1.807) is 19.0 Å². The van der Waals surface area contributed by atoms with Crippen molar-refractivity contribution in [3.63, 3.8) is 0 Å². The fraction of sp³-hybridized carbons (Fsp3) is 0.432. The van der Waals surface area contributed by atoms with Gasteiger partial charge < -0.3 is 25.5 Å². The number of benzene rings is 3. The number of piperidine rings is 1. The first-order valence-corrected chi connectivity index (χ1v) is 16.1. The van der Waals surface area contributed by atoms with Crippen LogP contribution in [0.4, 0.5) is 0 Å². The van der Waals surface area contributed by atoms with Crippen LogP contribution in [0.15, 0.2) is 84.9 Å². The van der Waals surface area contributed by atoms with E-state index in [-0.39, 0.29) is 23.3 Å². The largest absolute Gasteiger partial charge is 0.393 e. The van der Waals surface area contributed by atoms with Crippen molar-refractivity contribution in [2.24, 2.45) is 5.73 Å². The Balaban J connectivity index is 1.42. The Labute approximate surface area is 266 Å². The average Bonchev–Trinajstić information content (AvgIpc) is 3.04. The third kappa shape index (κ3) is 7.99. The molecule has 1 aliphatic carbocycles. The second-order valence-corrected chi connectivity index (χ2v) is 12.9. The van der Waals surface area contributed by atoms with Gasteiger partial charge in [-0.15, -0.1) is 0 Å². The Bertz CT molecular complexity index is 1510. The highest BCUT2D eigenvalue weighted by Gasteiger charge is 2.37. The molecular formula is C37H46N4O4. The van der Waals surface area contributed by atoms with E-state index in [1.165, 1.54) is 15.9 Å². The molecule has 238 valence electrons. The third-order valence-electron chi connectivity index (χ3n) is 9.63. The molecule has 1 heterocycles. The van der Waals surface area contributed by atoms with Gasteiger partial charge >= 0.3 is 0 Å². The van der Waals surface area contributed by atoms with Crippen LogP contribution >= 0.6 is 0 Å². The van der Waals surface area contributed by atoms with Gasteiger partial charge in [0, 0.05) is 45.6 Å². The Morgan fingerprint density at radius 1 is 0.889 bits per heavy atom. The van der Waals surface area contributed by atoms with Crippen LogP contribution in [0.25, 0.3) is 10.8 Å². The van der Waals surface area contributed by atoms with Crippen LogP contribution < -0.4 is 5.73 Å². The minimum Gasteiger partial charge on any atom is -0.393 e. The van der Waals surface area contributed by atoms with E-state index in [0.717, 1.165) is 41.2 Å². The molecule has 2 fully saturated rings. The van der Waals surface area contributed by atoms with Crippen molar-refractivity contribution >= 4 is 28.5 Å². The summed E-state index contributed by atoms with van der Waals surface area (Å²) in [5.41, 5.74) is 7.99. The van der Waals surface area contributed by atoms with E-state index in [4.69, 9.17) is 5.73 Å². The number of nitrogens with zero attached hydrogens (tertiary/aromatic N) is 3. The van der Waals surface area contributed by atoms with E-state index in [1.807, 2.05) is 72.8 Å². The zero-order valence-corrected chi connectivity index (χ0v) is 26.5. The average molecular weight is 611 g/mol. The number of fused-ring (bicyclic) bond motifs is 1. The molecule has 8 nitrogen and oxygen atoms in total. The first-order chi connectivity index (χ1) is 21.6. The second kappa shape index (κ2) is 14.4. The molecule has 3 amide bonds. The molecule has 0 spiro atoms.